The molecule has 2 aromatic carbocycles. The molecule has 1 amide bonds. The second-order valence-corrected chi connectivity index (χ2v) is 4.11. The van der Waals surface area contributed by atoms with Crippen LogP contribution in [0.3, 0.4) is 0 Å². The second-order valence-electron chi connectivity index (χ2n) is 4.11. The Labute approximate surface area is 108 Å². The largest absolute Gasteiger partial charge is 0.440 e. The number of anilines is 1. The van der Waals surface area contributed by atoms with E-state index in [9.17, 15) is 9.18 Å². The van der Waals surface area contributed by atoms with Gasteiger partial charge in [0.25, 0.3) is 5.91 Å². The molecule has 0 fully saturated rings. The molecule has 0 spiro atoms. The molecule has 1 aromatic heterocycles. The van der Waals surface area contributed by atoms with Gasteiger partial charge >= 0.3 is 0 Å². The van der Waals surface area contributed by atoms with Crippen molar-refractivity contribution >= 4 is 22.8 Å². The highest BCUT2D eigenvalue weighted by molar-refractivity contribution is 6.04. The van der Waals surface area contributed by atoms with Crippen LogP contribution in [0.5, 0.6) is 0 Å². The maximum absolute atomic E-state index is 12.8. The summed E-state index contributed by atoms with van der Waals surface area (Å²) in [6.45, 7) is 0. The fourth-order valence-corrected chi connectivity index (χ4v) is 1.83. The van der Waals surface area contributed by atoms with Crippen molar-refractivity contribution in [2.75, 3.05) is 5.32 Å². The highest BCUT2D eigenvalue weighted by Crippen LogP contribution is 2.22. The maximum Gasteiger partial charge on any atom is 0.257 e. The van der Waals surface area contributed by atoms with Gasteiger partial charge in [0, 0.05) is 17.0 Å². The lowest BCUT2D eigenvalue weighted by Gasteiger charge is -2.01. The van der Waals surface area contributed by atoms with E-state index >= 15 is 0 Å². The van der Waals surface area contributed by atoms with Gasteiger partial charge in [0.05, 0.1) is 0 Å². The van der Waals surface area contributed by atoms with E-state index in [0.29, 0.717) is 17.0 Å². The molecule has 3 nitrogen and oxygen atoms in total. The van der Waals surface area contributed by atoms with E-state index in [1.165, 1.54) is 24.3 Å². The van der Waals surface area contributed by atoms with Crippen LogP contribution in [0, 0.1) is 5.82 Å². The fraction of sp³-hybridized carbons (Fsp3) is 0. The summed E-state index contributed by atoms with van der Waals surface area (Å²) in [5.74, 6) is -0.338. The van der Waals surface area contributed by atoms with Crippen LogP contribution in [0.1, 0.15) is 10.4 Å². The molecule has 19 heavy (non-hydrogen) atoms. The molecule has 1 heterocycles. The average molecular weight is 255 g/mol. The zero-order chi connectivity index (χ0) is 13.2. The zero-order valence-corrected chi connectivity index (χ0v) is 9.89. The molecule has 0 radical (unpaired) electrons. The summed E-state index contributed by atoms with van der Waals surface area (Å²) in [5.41, 5.74) is 1.08. The highest BCUT2D eigenvalue weighted by atomic mass is 19.1. The first-order chi connectivity index (χ1) is 9.22. The van der Waals surface area contributed by atoms with Gasteiger partial charge < -0.3 is 4.42 Å². The van der Waals surface area contributed by atoms with E-state index in [2.05, 4.69) is 5.32 Å². The molecule has 0 bridgehead atoms. The second kappa shape index (κ2) is 4.57. The molecule has 1 N–H and O–H groups in total. The van der Waals surface area contributed by atoms with Crippen LogP contribution < -0.4 is 5.32 Å². The van der Waals surface area contributed by atoms with E-state index < -0.39 is 0 Å². The van der Waals surface area contributed by atoms with E-state index in [0.717, 1.165) is 5.39 Å². The first kappa shape index (κ1) is 11.5. The van der Waals surface area contributed by atoms with Gasteiger partial charge in [0.15, 0.2) is 0 Å². The lowest BCUT2D eigenvalue weighted by molar-refractivity contribution is 0.102. The average Bonchev–Trinajstić information content (AvgIpc) is 2.81. The quantitative estimate of drug-likeness (QED) is 0.756. The third-order valence-corrected chi connectivity index (χ3v) is 2.77. The standard InChI is InChI=1S/C15H10FNO2/c16-12-7-5-10(6-8-12)15(18)17-14-9-11-3-1-2-4-13(11)19-14/h1-9H,(H,17,18). The number of para-hydroxylation sites is 1. The summed E-state index contributed by atoms with van der Waals surface area (Å²) < 4.78 is 18.2. The number of amides is 1. The number of benzene rings is 2. The Morgan fingerprint density at radius 1 is 1.05 bits per heavy atom. The number of carbonyl (C=O) groups is 1. The minimum atomic E-state index is -0.375. The Kier molecular flexibility index (Phi) is 2.76. The van der Waals surface area contributed by atoms with Crippen molar-refractivity contribution in [1.29, 1.82) is 0 Å². The predicted molar refractivity (Wildman–Crippen MR) is 70.6 cm³/mol. The Balaban J connectivity index is 1.84. The summed E-state index contributed by atoms with van der Waals surface area (Å²) in [5, 5.41) is 3.55. The van der Waals surface area contributed by atoms with Crippen molar-refractivity contribution in [2.45, 2.75) is 0 Å². The van der Waals surface area contributed by atoms with Gasteiger partial charge in [0.1, 0.15) is 11.4 Å². The van der Waals surface area contributed by atoms with Gasteiger partial charge in [0.2, 0.25) is 5.88 Å². The van der Waals surface area contributed by atoms with Gasteiger partial charge in [-0.05, 0) is 30.3 Å². The summed E-state index contributed by atoms with van der Waals surface area (Å²) in [6, 6.07) is 14.6. The fourth-order valence-electron chi connectivity index (χ4n) is 1.83. The SMILES string of the molecule is O=C(Nc1cc2ccccc2o1)c1ccc(F)cc1. The normalized spacial score (nSPS) is 10.6. The number of furan rings is 1. The van der Waals surface area contributed by atoms with Gasteiger partial charge in [-0.1, -0.05) is 18.2 Å². The minimum Gasteiger partial charge on any atom is -0.440 e. The Morgan fingerprint density at radius 2 is 1.79 bits per heavy atom. The van der Waals surface area contributed by atoms with Crippen molar-refractivity contribution in [2.24, 2.45) is 0 Å². The maximum atomic E-state index is 12.8. The van der Waals surface area contributed by atoms with E-state index in [1.54, 1.807) is 6.07 Å². The first-order valence-electron chi connectivity index (χ1n) is 5.78. The summed E-state index contributed by atoms with van der Waals surface area (Å²) in [7, 11) is 0. The van der Waals surface area contributed by atoms with Crippen LogP contribution in [0.15, 0.2) is 59.0 Å². The third kappa shape index (κ3) is 2.33. The summed E-state index contributed by atoms with van der Waals surface area (Å²) in [4.78, 5) is 11.9. The van der Waals surface area contributed by atoms with Crippen LogP contribution in [-0.4, -0.2) is 5.91 Å². The molecular formula is C15H10FNO2. The molecule has 0 aliphatic carbocycles. The predicted octanol–water partition coefficient (Wildman–Crippen LogP) is 3.82. The lowest BCUT2D eigenvalue weighted by Crippen LogP contribution is -2.11. The van der Waals surface area contributed by atoms with Gasteiger partial charge in [-0.2, -0.15) is 0 Å². The van der Waals surface area contributed by atoms with Crippen molar-refractivity contribution < 1.29 is 13.6 Å². The molecule has 0 aliphatic heterocycles. The molecule has 0 unspecified atom stereocenters. The Hall–Kier alpha value is -2.62. The lowest BCUT2D eigenvalue weighted by atomic mass is 10.2. The summed E-state index contributed by atoms with van der Waals surface area (Å²) >= 11 is 0. The third-order valence-electron chi connectivity index (χ3n) is 2.77. The van der Waals surface area contributed by atoms with Crippen molar-refractivity contribution in [3.05, 3.63) is 66.0 Å². The molecule has 0 atom stereocenters. The minimum absolute atomic E-state index is 0.334. The van der Waals surface area contributed by atoms with Gasteiger partial charge in [-0.3, -0.25) is 10.1 Å². The number of carbonyl (C=O) groups excluding carboxylic acids is 1. The first-order valence-corrected chi connectivity index (χ1v) is 5.78. The zero-order valence-electron chi connectivity index (χ0n) is 9.89. The molecule has 0 aliphatic rings. The molecular weight excluding hydrogens is 245 g/mol. The van der Waals surface area contributed by atoms with Crippen LogP contribution in [-0.2, 0) is 0 Å². The van der Waals surface area contributed by atoms with E-state index in [1.807, 2.05) is 24.3 Å². The molecule has 0 saturated carbocycles. The smallest absolute Gasteiger partial charge is 0.257 e. The number of hydrogen-bond acceptors (Lipinski definition) is 2. The molecule has 3 rings (SSSR count). The summed E-state index contributed by atoms with van der Waals surface area (Å²) in [6.07, 6.45) is 0. The Morgan fingerprint density at radius 3 is 2.53 bits per heavy atom. The van der Waals surface area contributed by atoms with Crippen LogP contribution >= 0.6 is 0 Å². The number of hydrogen-bond donors (Lipinski definition) is 1. The van der Waals surface area contributed by atoms with Crippen LogP contribution in [0.25, 0.3) is 11.0 Å². The number of halogens is 1. The Bertz CT molecular complexity index is 698. The number of fused-ring (bicyclic) bond motifs is 1. The number of rotatable bonds is 2. The molecule has 0 saturated heterocycles. The van der Waals surface area contributed by atoms with Crippen molar-refractivity contribution in [1.82, 2.24) is 0 Å². The van der Waals surface area contributed by atoms with Gasteiger partial charge in [-0.15, -0.1) is 0 Å². The molecule has 4 heteroatoms. The van der Waals surface area contributed by atoms with E-state index in [4.69, 9.17) is 4.42 Å². The highest BCUT2D eigenvalue weighted by Gasteiger charge is 2.09. The molecule has 3 aromatic rings. The molecule has 94 valence electrons. The van der Waals surface area contributed by atoms with Crippen LogP contribution in [0.2, 0.25) is 0 Å². The monoisotopic (exact) mass is 255 g/mol. The van der Waals surface area contributed by atoms with E-state index in [-0.39, 0.29) is 11.7 Å². The topological polar surface area (TPSA) is 42.2 Å². The van der Waals surface area contributed by atoms with Gasteiger partial charge in [-0.25, -0.2) is 4.39 Å². The van der Waals surface area contributed by atoms with Crippen LogP contribution in [0.4, 0.5) is 10.3 Å². The van der Waals surface area contributed by atoms with Crippen molar-refractivity contribution in [3.63, 3.8) is 0 Å². The number of nitrogens with one attached hydrogen (secondary N) is 1. The van der Waals surface area contributed by atoms with Crippen molar-refractivity contribution in [3.8, 4) is 0 Å².